The molecule has 10 heteroatoms. The second-order valence-electron chi connectivity index (χ2n) is 18.0. The quantitative estimate of drug-likeness (QED) is 0.140. The molecule has 7 rings (SSSR count). The highest BCUT2D eigenvalue weighted by atomic mass is 16.3. The van der Waals surface area contributed by atoms with Gasteiger partial charge in [-0.3, -0.25) is 34.3 Å². The zero-order chi connectivity index (χ0) is 36.9. The van der Waals surface area contributed by atoms with Gasteiger partial charge in [-0.1, -0.05) is 37.3 Å². The number of carbonyl (C=O) groups is 4. The van der Waals surface area contributed by atoms with E-state index in [0.717, 1.165) is 76.2 Å². The third-order valence-corrected chi connectivity index (χ3v) is 14.9. The minimum atomic E-state index is -0.842. The molecule has 53 heavy (non-hydrogen) atoms. The van der Waals surface area contributed by atoms with E-state index in [1.54, 1.807) is 0 Å². The molecule has 0 spiro atoms. The summed E-state index contributed by atoms with van der Waals surface area (Å²) in [5.41, 5.74) is 3.74. The molecular weight excluding hydrogens is 667 g/mol. The number of carbonyl (C=O) groups excluding carboxylic acids is 4. The average molecular weight is 736 g/mol. The smallest absolute Gasteiger partial charge is 0.249 e. The molecule has 7 fully saturated rings. The zero-order valence-electron chi connectivity index (χ0n) is 32.7. The first-order chi connectivity index (χ1) is 25.8. The van der Waals surface area contributed by atoms with Gasteiger partial charge in [0, 0.05) is 44.7 Å². The van der Waals surface area contributed by atoms with Crippen LogP contribution in [0, 0.1) is 29.6 Å². The Morgan fingerprint density at radius 2 is 1.42 bits per heavy atom. The van der Waals surface area contributed by atoms with Gasteiger partial charge in [-0.25, -0.2) is 0 Å². The van der Waals surface area contributed by atoms with Gasteiger partial charge < -0.3 is 15.3 Å². The van der Waals surface area contributed by atoms with Crippen LogP contribution in [0.3, 0.4) is 0 Å². The minimum absolute atomic E-state index is 0.0784. The molecule has 4 unspecified atom stereocenters. The number of amides is 4. The first-order valence-corrected chi connectivity index (χ1v) is 22.1. The van der Waals surface area contributed by atoms with Gasteiger partial charge in [0.15, 0.2) is 0 Å². The molecule has 4 saturated carbocycles. The molecule has 4 atom stereocenters. The molecule has 296 valence electrons. The summed E-state index contributed by atoms with van der Waals surface area (Å²) in [6, 6.07) is 0.113. The van der Waals surface area contributed by atoms with E-state index in [1.807, 2.05) is 11.1 Å². The Bertz CT molecular complexity index is 1320. The molecule has 3 aliphatic heterocycles. The lowest BCUT2D eigenvalue weighted by molar-refractivity contribution is -0.151. The van der Waals surface area contributed by atoms with Crippen molar-refractivity contribution in [3.63, 3.8) is 0 Å². The van der Waals surface area contributed by atoms with Crippen molar-refractivity contribution < 1.29 is 24.3 Å². The number of aliphatic hydroxyl groups excluding tert-OH is 1. The molecule has 7 aliphatic rings. The molecule has 0 bridgehead atoms. The molecule has 10 nitrogen and oxygen atoms in total. The maximum atomic E-state index is 13.3. The van der Waals surface area contributed by atoms with Gasteiger partial charge in [-0.15, -0.1) is 0 Å². The second-order valence-corrected chi connectivity index (χ2v) is 18.0. The molecule has 3 heterocycles. The molecule has 3 saturated heterocycles. The van der Waals surface area contributed by atoms with Crippen molar-refractivity contribution in [2.24, 2.45) is 29.6 Å². The van der Waals surface area contributed by atoms with Crippen LogP contribution >= 0.6 is 0 Å². The fourth-order valence-electron chi connectivity index (χ4n) is 11.9. The Morgan fingerprint density at radius 3 is 2.09 bits per heavy atom. The van der Waals surface area contributed by atoms with Gasteiger partial charge >= 0.3 is 0 Å². The summed E-state index contributed by atoms with van der Waals surface area (Å²) in [6.07, 6.45) is 22.8. The number of nitrogens with one attached hydrogen (secondary N) is 2. The molecule has 4 aliphatic carbocycles. The Labute approximate surface area is 318 Å². The molecule has 0 radical (unpaired) electrons. The standard InChI is InChI=1S/C43H69N5O5/c1-2-35(29-8-4-3-5-9-29)40(31-12-17-34(49)18-13-31)30-10-15-33(16-11-30)47-26-24-46(25-27-47)23-7-6-22-44-32-14-19-36-37(28-32)43(53)48(42(36)52)38-20-21-39(50)45-41(38)51/h29-34,36-38,44,49H,2-28H2,1H3,(H,45,50,51)/b40-35+. The van der Waals surface area contributed by atoms with Crippen LogP contribution in [0.2, 0.25) is 0 Å². The van der Waals surface area contributed by atoms with Gasteiger partial charge in [-0.05, 0) is 140 Å². The van der Waals surface area contributed by atoms with Crippen molar-refractivity contribution in [1.82, 2.24) is 25.3 Å². The van der Waals surface area contributed by atoms with Gasteiger partial charge in [0.1, 0.15) is 6.04 Å². The van der Waals surface area contributed by atoms with Gasteiger partial charge in [-0.2, -0.15) is 0 Å². The normalized spacial score (nSPS) is 36.0. The first-order valence-electron chi connectivity index (χ1n) is 22.1. The maximum absolute atomic E-state index is 13.3. The number of rotatable bonds is 12. The summed E-state index contributed by atoms with van der Waals surface area (Å²) in [4.78, 5) is 57.1. The van der Waals surface area contributed by atoms with Crippen LogP contribution < -0.4 is 10.6 Å². The van der Waals surface area contributed by atoms with Crippen molar-refractivity contribution in [3.8, 4) is 0 Å². The number of likely N-dealkylation sites (tertiary alicyclic amines) is 1. The topological polar surface area (TPSA) is 122 Å². The minimum Gasteiger partial charge on any atom is -0.393 e. The number of aliphatic hydroxyl groups is 1. The van der Waals surface area contributed by atoms with Gasteiger partial charge in [0.05, 0.1) is 17.9 Å². The highest BCUT2D eigenvalue weighted by Gasteiger charge is 2.54. The first kappa shape index (κ1) is 39.1. The molecule has 4 amide bonds. The van der Waals surface area contributed by atoms with Crippen LogP contribution in [-0.4, -0.2) is 107 Å². The number of hydrogen-bond donors (Lipinski definition) is 3. The number of piperazine rings is 1. The van der Waals surface area contributed by atoms with Gasteiger partial charge in [0.25, 0.3) is 0 Å². The Hall–Kier alpha value is -2.14. The van der Waals surface area contributed by atoms with Crippen molar-refractivity contribution in [3.05, 3.63) is 11.1 Å². The van der Waals surface area contributed by atoms with E-state index < -0.39 is 11.9 Å². The summed E-state index contributed by atoms with van der Waals surface area (Å²) in [7, 11) is 0. The van der Waals surface area contributed by atoms with E-state index in [4.69, 9.17) is 0 Å². The molecule has 0 aromatic carbocycles. The number of unbranched alkanes of at least 4 members (excludes halogenated alkanes) is 1. The largest absolute Gasteiger partial charge is 0.393 e. The van der Waals surface area contributed by atoms with Crippen LogP contribution in [0.1, 0.15) is 142 Å². The summed E-state index contributed by atoms with van der Waals surface area (Å²) in [5.74, 6) is 0.314. The van der Waals surface area contributed by atoms with E-state index in [-0.39, 0.29) is 54.5 Å². The number of hydrogen-bond acceptors (Lipinski definition) is 8. The third-order valence-electron chi connectivity index (χ3n) is 14.9. The van der Waals surface area contributed by atoms with Crippen molar-refractivity contribution in [2.75, 3.05) is 39.3 Å². The van der Waals surface area contributed by atoms with E-state index >= 15 is 0 Å². The van der Waals surface area contributed by atoms with E-state index in [1.165, 1.54) is 95.0 Å². The molecule has 3 N–H and O–H groups in total. The Kier molecular flexibility index (Phi) is 13.4. The SMILES string of the molecule is CC/C(=C(\C1CCC(O)CC1)C1CCC(N2CCN(CCCCNC3CCC4C(=O)N(C5CCC(=O)NC5=O)C(=O)C4C3)CC2)CC1)C1CCCCC1. The van der Waals surface area contributed by atoms with Gasteiger partial charge in [0.2, 0.25) is 23.6 Å². The lowest BCUT2D eigenvalue weighted by Crippen LogP contribution is -2.54. The monoisotopic (exact) mass is 736 g/mol. The third kappa shape index (κ3) is 9.13. The number of imide groups is 2. The maximum Gasteiger partial charge on any atom is 0.249 e. The number of nitrogens with zero attached hydrogens (tertiary/aromatic N) is 3. The Balaban J connectivity index is 0.807. The van der Waals surface area contributed by atoms with E-state index in [9.17, 15) is 24.3 Å². The highest BCUT2D eigenvalue weighted by molar-refractivity contribution is 6.10. The zero-order valence-corrected chi connectivity index (χ0v) is 32.7. The van der Waals surface area contributed by atoms with E-state index in [0.29, 0.717) is 18.8 Å². The van der Waals surface area contributed by atoms with E-state index in [2.05, 4.69) is 27.4 Å². The molecule has 0 aromatic rings. The Morgan fingerprint density at radius 1 is 0.736 bits per heavy atom. The predicted octanol–water partition coefficient (Wildman–Crippen LogP) is 5.33. The fourth-order valence-corrected chi connectivity index (χ4v) is 11.9. The summed E-state index contributed by atoms with van der Waals surface area (Å²) < 4.78 is 0. The number of allylic oxidation sites excluding steroid dienone is 2. The number of fused-ring (bicyclic) bond motifs is 1. The lowest BCUT2D eigenvalue weighted by atomic mass is 9.67. The number of piperidine rings is 1. The highest BCUT2D eigenvalue weighted by Crippen LogP contribution is 2.46. The van der Waals surface area contributed by atoms with Crippen LogP contribution in [-0.2, 0) is 19.2 Å². The predicted molar refractivity (Wildman–Crippen MR) is 205 cm³/mol. The van der Waals surface area contributed by atoms with Crippen LogP contribution in [0.15, 0.2) is 11.1 Å². The molecule has 0 aromatic heterocycles. The van der Waals surface area contributed by atoms with Crippen LogP contribution in [0.4, 0.5) is 0 Å². The summed E-state index contributed by atoms with van der Waals surface area (Å²) in [5, 5.41) is 16.3. The summed E-state index contributed by atoms with van der Waals surface area (Å²) in [6.45, 7) is 9.18. The van der Waals surface area contributed by atoms with Crippen molar-refractivity contribution >= 4 is 23.6 Å². The van der Waals surface area contributed by atoms with Crippen molar-refractivity contribution in [2.45, 2.75) is 166 Å². The van der Waals surface area contributed by atoms with Crippen LogP contribution in [0.25, 0.3) is 0 Å². The van der Waals surface area contributed by atoms with Crippen LogP contribution in [0.5, 0.6) is 0 Å². The fraction of sp³-hybridized carbons (Fsp3) is 0.860. The lowest BCUT2D eigenvalue weighted by Gasteiger charge is -2.44. The summed E-state index contributed by atoms with van der Waals surface area (Å²) >= 11 is 0. The molecular formula is C43H69N5O5. The average Bonchev–Trinajstić information content (AvgIpc) is 3.42. The van der Waals surface area contributed by atoms with Crippen molar-refractivity contribution in [1.29, 1.82) is 0 Å². The second kappa shape index (κ2) is 18.2.